The summed E-state index contributed by atoms with van der Waals surface area (Å²) >= 11 is 0. The molecule has 80 valence electrons. The molecular weight excluding hydrogens is 184 g/mol. The number of carbonyl (C=O) groups excluding carboxylic acids is 2. The van der Waals surface area contributed by atoms with Gasteiger partial charge in [0.25, 0.3) is 0 Å². The molecule has 1 fully saturated rings. The summed E-state index contributed by atoms with van der Waals surface area (Å²) in [6.45, 7) is 2.92. The summed E-state index contributed by atoms with van der Waals surface area (Å²) in [5.41, 5.74) is -0.336. The van der Waals surface area contributed by atoms with Crippen LogP contribution in [0.4, 0.5) is 0 Å². The van der Waals surface area contributed by atoms with Gasteiger partial charge in [0.05, 0.1) is 0 Å². The highest BCUT2D eigenvalue weighted by atomic mass is 16.6. The summed E-state index contributed by atoms with van der Waals surface area (Å²) in [5.74, 6) is -0.914. The highest BCUT2D eigenvalue weighted by Gasteiger charge is 2.32. The Kier molecular flexibility index (Phi) is 3.49. The number of hydrogen-bond donors (Lipinski definition) is 0. The molecule has 0 aromatic rings. The minimum Gasteiger partial charge on any atom is -0.457 e. The smallest absolute Gasteiger partial charge is 0.344 e. The van der Waals surface area contributed by atoms with Crippen molar-refractivity contribution in [1.29, 1.82) is 0 Å². The summed E-state index contributed by atoms with van der Waals surface area (Å²) in [4.78, 5) is 21.6. The van der Waals surface area contributed by atoms with Crippen molar-refractivity contribution in [3.8, 4) is 0 Å². The largest absolute Gasteiger partial charge is 0.457 e. The van der Waals surface area contributed by atoms with Crippen LogP contribution in [0.15, 0.2) is 0 Å². The summed E-state index contributed by atoms with van der Waals surface area (Å²) in [6.07, 6.45) is 3.99. The van der Waals surface area contributed by atoms with Gasteiger partial charge >= 0.3 is 11.9 Å². The van der Waals surface area contributed by atoms with Crippen molar-refractivity contribution in [3.63, 3.8) is 0 Å². The Balaban J connectivity index is 2.29. The van der Waals surface area contributed by atoms with Gasteiger partial charge in [-0.1, -0.05) is 0 Å². The molecule has 4 nitrogen and oxygen atoms in total. The summed E-state index contributed by atoms with van der Waals surface area (Å²) in [6, 6.07) is 0. The van der Waals surface area contributed by atoms with E-state index in [1.54, 1.807) is 0 Å². The van der Waals surface area contributed by atoms with Crippen LogP contribution in [0.1, 0.15) is 39.5 Å². The van der Waals surface area contributed by atoms with Crippen LogP contribution in [-0.2, 0) is 19.1 Å². The molecule has 1 aliphatic carbocycles. The van der Waals surface area contributed by atoms with Crippen LogP contribution in [0.5, 0.6) is 0 Å². The SMILES string of the molecule is CC(=O)OCC(=O)OC1(C)CCCC1. The van der Waals surface area contributed by atoms with Crippen molar-refractivity contribution in [1.82, 2.24) is 0 Å². The Morgan fingerprint density at radius 1 is 1.29 bits per heavy atom. The maximum absolute atomic E-state index is 11.2. The van der Waals surface area contributed by atoms with Gasteiger partial charge in [-0.2, -0.15) is 0 Å². The molecule has 14 heavy (non-hydrogen) atoms. The first-order chi connectivity index (χ1) is 6.52. The van der Waals surface area contributed by atoms with E-state index in [4.69, 9.17) is 4.74 Å². The zero-order chi connectivity index (χ0) is 10.6. The Labute approximate surface area is 83.6 Å². The second-order valence-corrected chi connectivity index (χ2v) is 3.91. The van der Waals surface area contributed by atoms with Gasteiger partial charge in [-0.25, -0.2) is 4.79 Å². The predicted octanol–water partition coefficient (Wildman–Crippen LogP) is 1.43. The molecule has 0 saturated heterocycles. The number of esters is 2. The van der Waals surface area contributed by atoms with Gasteiger partial charge in [-0.3, -0.25) is 4.79 Å². The van der Waals surface area contributed by atoms with Gasteiger partial charge in [0, 0.05) is 6.92 Å². The van der Waals surface area contributed by atoms with Gasteiger partial charge in [0.2, 0.25) is 0 Å². The van der Waals surface area contributed by atoms with Crippen LogP contribution in [0.2, 0.25) is 0 Å². The molecular formula is C10H16O4. The molecule has 0 spiro atoms. The molecule has 0 N–H and O–H groups in total. The first-order valence-corrected chi connectivity index (χ1v) is 4.87. The van der Waals surface area contributed by atoms with Crippen molar-refractivity contribution in [2.75, 3.05) is 6.61 Å². The fourth-order valence-corrected chi connectivity index (χ4v) is 1.69. The normalized spacial score (nSPS) is 19.0. The number of carbonyl (C=O) groups is 2. The lowest BCUT2D eigenvalue weighted by Crippen LogP contribution is -2.30. The molecule has 1 aliphatic rings. The van der Waals surface area contributed by atoms with Gasteiger partial charge in [0.1, 0.15) is 5.60 Å². The van der Waals surface area contributed by atoms with Crippen LogP contribution in [0, 0.1) is 0 Å². The molecule has 0 aromatic carbocycles. The summed E-state index contributed by atoms with van der Waals surface area (Å²) in [5, 5.41) is 0. The Morgan fingerprint density at radius 2 is 1.86 bits per heavy atom. The minimum absolute atomic E-state index is 0.273. The van der Waals surface area contributed by atoms with E-state index < -0.39 is 11.9 Å². The number of rotatable bonds is 3. The van der Waals surface area contributed by atoms with E-state index in [0.717, 1.165) is 25.7 Å². The lowest BCUT2D eigenvalue weighted by atomic mass is 10.1. The van der Waals surface area contributed by atoms with E-state index in [-0.39, 0.29) is 12.2 Å². The van der Waals surface area contributed by atoms with Crippen LogP contribution in [0.25, 0.3) is 0 Å². The fourth-order valence-electron chi connectivity index (χ4n) is 1.69. The Morgan fingerprint density at radius 3 is 2.36 bits per heavy atom. The highest BCUT2D eigenvalue weighted by molar-refractivity contribution is 5.75. The van der Waals surface area contributed by atoms with Crippen LogP contribution in [0.3, 0.4) is 0 Å². The second-order valence-electron chi connectivity index (χ2n) is 3.91. The Bertz CT molecular complexity index is 228. The average Bonchev–Trinajstić information content (AvgIpc) is 2.48. The molecule has 0 atom stereocenters. The van der Waals surface area contributed by atoms with E-state index in [9.17, 15) is 9.59 Å². The fraction of sp³-hybridized carbons (Fsp3) is 0.800. The maximum atomic E-state index is 11.2. The molecule has 0 heterocycles. The quantitative estimate of drug-likeness (QED) is 0.646. The highest BCUT2D eigenvalue weighted by Crippen LogP contribution is 2.32. The topological polar surface area (TPSA) is 52.6 Å². The van der Waals surface area contributed by atoms with E-state index in [1.807, 2.05) is 6.92 Å². The predicted molar refractivity (Wildman–Crippen MR) is 49.6 cm³/mol. The van der Waals surface area contributed by atoms with E-state index in [2.05, 4.69) is 4.74 Å². The monoisotopic (exact) mass is 200 g/mol. The molecule has 0 amide bonds. The minimum atomic E-state index is -0.460. The van der Waals surface area contributed by atoms with Crippen molar-refractivity contribution in [2.45, 2.75) is 45.1 Å². The standard InChI is InChI=1S/C10H16O4/c1-8(11)13-7-9(12)14-10(2)5-3-4-6-10/h3-7H2,1-2H3. The lowest BCUT2D eigenvalue weighted by molar-refractivity contribution is -0.167. The molecule has 0 bridgehead atoms. The summed E-state index contributed by atoms with van der Waals surface area (Å²) < 4.78 is 9.78. The Hall–Kier alpha value is -1.06. The van der Waals surface area contributed by atoms with Crippen LogP contribution < -0.4 is 0 Å². The molecule has 0 aromatic heterocycles. The molecule has 0 aliphatic heterocycles. The van der Waals surface area contributed by atoms with Crippen LogP contribution >= 0.6 is 0 Å². The third-order valence-corrected chi connectivity index (χ3v) is 2.41. The van der Waals surface area contributed by atoms with Gasteiger partial charge in [-0.15, -0.1) is 0 Å². The lowest BCUT2D eigenvalue weighted by Gasteiger charge is -2.23. The van der Waals surface area contributed by atoms with E-state index in [0.29, 0.717) is 0 Å². The zero-order valence-corrected chi connectivity index (χ0v) is 8.67. The zero-order valence-electron chi connectivity index (χ0n) is 8.67. The molecule has 1 saturated carbocycles. The molecule has 0 unspecified atom stereocenters. The molecule has 4 heteroatoms. The third-order valence-electron chi connectivity index (χ3n) is 2.41. The average molecular weight is 200 g/mol. The van der Waals surface area contributed by atoms with Crippen molar-refractivity contribution >= 4 is 11.9 Å². The van der Waals surface area contributed by atoms with Crippen molar-refractivity contribution in [3.05, 3.63) is 0 Å². The summed E-state index contributed by atoms with van der Waals surface area (Å²) in [7, 11) is 0. The van der Waals surface area contributed by atoms with Gasteiger partial charge < -0.3 is 9.47 Å². The maximum Gasteiger partial charge on any atom is 0.344 e. The first-order valence-electron chi connectivity index (χ1n) is 4.87. The molecule has 0 radical (unpaired) electrons. The van der Waals surface area contributed by atoms with Crippen LogP contribution in [-0.4, -0.2) is 24.1 Å². The first kappa shape index (κ1) is 11.0. The molecule has 1 rings (SSSR count). The van der Waals surface area contributed by atoms with Gasteiger partial charge in [-0.05, 0) is 32.6 Å². The number of ether oxygens (including phenoxy) is 2. The second kappa shape index (κ2) is 4.44. The van der Waals surface area contributed by atoms with E-state index in [1.165, 1.54) is 6.92 Å². The van der Waals surface area contributed by atoms with E-state index >= 15 is 0 Å². The number of hydrogen-bond acceptors (Lipinski definition) is 4. The van der Waals surface area contributed by atoms with Crippen molar-refractivity contribution in [2.24, 2.45) is 0 Å². The van der Waals surface area contributed by atoms with Crippen molar-refractivity contribution < 1.29 is 19.1 Å². The third kappa shape index (κ3) is 3.36. The van der Waals surface area contributed by atoms with Gasteiger partial charge in [0.15, 0.2) is 6.61 Å².